The number of aliphatic imine (C=N–C) groups is 1. The Bertz CT molecular complexity index is 1670. The van der Waals surface area contributed by atoms with Gasteiger partial charge in [0.1, 0.15) is 11.6 Å². The molecule has 9 nitrogen and oxygen atoms in total. The van der Waals surface area contributed by atoms with Crippen molar-refractivity contribution in [1.82, 2.24) is 24.7 Å². The molecule has 8 rings (SSSR count). The average molecular weight is 644 g/mol. The van der Waals surface area contributed by atoms with E-state index in [1.807, 2.05) is 18.2 Å². The van der Waals surface area contributed by atoms with Gasteiger partial charge in [0, 0.05) is 51.0 Å². The predicted octanol–water partition coefficient (Wildman–Crippen LogP) is 4.74. The number of piperazine rings is 1. The minimum absolute atomic E-state index is 0.0467. The number of guanidine groups is 1. The first-order valence-electron chi connectivity index (χ1n) is 17.6. The molecule has 0 amide bonds. The molecule has 2 N–H and O–H groups in total. The van der Waals surface area contributed by atoms with Gasteiger partial charge in [0.25, 0.3) is 5.56 Å². The van der Waals surface area contributed by atoms with E-state index in [1.54, 1.807) is 16.7 Å². The molecule has 5 unspecified atom stereocenters. The fourth-order valence-electron chi connectivity index (χ4n) is 8.44. The molecule has 2 bridgehead atoms. The maximum Gasteiger partial charge on any atom is 0.261 e. The molecule has 47 heavy (non-hydrogen) atoms. The molecule has 1 aromatic heterocycles. The quantitative estimate of drug-likeness (QED) is 0.284. The number of hydrogen-bond acceptors (Lipinski definition) is 6. The zero-order chi connectivity index (χ0) is 32.7. The lowest BCUT2D eigenvalue weighted by Crippen LogP contribution is -2.57. The Labute approximate surface area is 277 Å². The standard InChI is InChI=1S/C37H50FN7O2/c1-24-22-44(14-12-39-24)36(42-32-20-27-19-31(25(32)2)37(27,3)4)40-29-9-10-30-33(21-29)41-34(23-43-15-17-47-18-16-43)45(35(30)46)13-11-26-5-7-28(38)8-6-26/h5-10,21,24-25,27,31-32,39H,11-20,22-23H2,1-4H3,(H,40,42). The molecule has 10 heteroatoms. The molecule has 0 radical (unpaired) electrons. The maximum atomic E-state index is 14.0. The van der Waals surface area contributed by atoms with E-state index >= 15 is 0 Å². The van der Waals surface area contributed by atoms with Crippen LogP contribution >= 0.6 is 0 Å². The van der Waals surface area contributed by atoms with Gasteiger partial charge in [-0.15, -0.1) is 0 Å². The number of benzene rings is 2. The lowest BCUT2D eigenvalue weighted by Gasteiger charge is -2.61. The number of morpholine rings is 1. The van der Waals surface area contributed by atoms with Crippen LogP contribution in [0.3, 0.4) is 0 Å². The number of halogens is 1. The molecule has 3 aliphatic carbocycles. The van der Waals surface area contributed by atoms with Crippen molar-refractivity contribution in [1.29, 1.82) is 0 Å². The molecule has 0 spiro atoms. The number of nitrogens with one attached hydrogen (secondary N) is 2. The van der Waals surface area contributed by atoms with E-state index in [1.165, 1.54) is 18.6 Å². The highest BCUT2D eigenvalue weighted by molar-refractivity contribution is 5.96. The number of ether oxygens (including phenoxy) is 1. The van der Waals surface area contributed by atoms with Crippen molar-refractivity contribution in [2.24, 2.45) is 28.2 Å². The van der Waals surface area contributed by atoms with E-state index in [0.717, 1.165) is 74.0 Å². The molecule has 2 saturated heterocycles. The smallest absolute Gasteiger partial charge is 0.261 e. The summed E-state index contributed by atoms with van der Waals surface area (Å²) in [6.07, 6.45) is 3.09. The van der Waals surface area contributed by atoms with E-state index in [2.05, 4.69) is 48.1 Å². The highest BCUT2D eigenvalue weighted by Crippen LogP contribution is 2.61. The SMILES string of the molecule is CC1CN(C(=NC2CC3CC(C2C)C3(C)C)Nc2ccc3c(=O)n(CCc4ccc(F)cc4)c(CN4CCOCC4)nc3c2)CCN1. The minimum Gasteiger partial charge on any atom is -0.379 e. The van der Waals surface area contributed by atoms with Gasteiger partial charge < -0.3 is 20.3 Å². The minimum atomic E-state index is -0.260. The fraction of sp³-hybridized carbons (Fsp3) is 0.595. The van der Waals surface area contributed by atoms with Gasteiger partial charge in [0.15, 0.2) is 5.96 Å². The predicted molar refractivity (Wildman–Crippen MR) is 185 cm³/mol. The van der Waals surface area contributed by atoms with Gasteiger partial charge in [-0.25, -0.2) is 14.4 Å². The number of fused-ring (bicyclic) bond motifs is 3. The van der Waals surface area contributed by atoms with E-state index in [9.17, 15) is 9.18 Å². The van der Waals surface area contributed by atoms with Crippen LogP contribution in [-0.4, -0.2) is 83.3 Å². The molecule has 2 aliphatic heterocycles. The third-order valence-corrected chi connectivity index (χ3v) is 11.6. The summed E-state index contributed by atoms with van der Waals surface area (Å²) in [5.74, 6) is 3.41. The van der Waals surface area contributed by atoms with Gasteiger partial charge in [-0.2, -0.15) is 0 Å². The largest absolute Gasteiger partial charge is 0.379 e. The van der Waals surface area contributed by atoms with Crippen LogP contribution in [0.5, 0.6) is 0 Å². The number of hydrogen-bond donors (Lipinski definition) is 2. The zero-order valence-corrected chi connectivity index (χ0v) is 28.3. The monoisotopic (exact) mass is 643 g/mol. The molecule has 5 aliphatic rings. The van der Waals surface area contributed by atoms with Gasteiger partial charge in [-0.3, -0.25) is 14.3 Å². The summed E-state index contributed by atoms with van der Waals surface area (Å²) in [7, 11) is 0. The van der Waals surface area contributed by atoms with Crippen molar-refractivity contribution in [3.8, 4) is 0 Å². The summed E-state index contributed by atoms with van der Waals surface area (Å²) in [5.41, 5.74) is 2.93. The zero-order valence-electron chi connectivity index (χ0n) is 28.3. The van der Waals surface area contributed by atoms with Gasteiger partial charge in [0.2, 0.25) is 0 Å². The van der Waals surface area contributed by atoms with Crippen molar-refractivity contribution in [3.63, 3.8) is 0 Å². The maximum absolute atomic E-state index is 14.0. The third kappa shape index (κ3) is 6.69. The molecular weight excluding hydrogens is 593 g/mol. The third-order valence-electron chi connectivity index (χ3n) is 11.6. The molecular formula is C37H50FN7O2. The van der Waals surface area contributed by atoms with E-state index in [-0.39, 0.29) is 11.4 Å². The first-order chi connectivity index (χ1) is 22.7. The van der Waals surface area contributed by atoms with Crippen molar-refractivity contribution in [2.75, 3.05) is 51.3 Å². The van der Waals surface area contributed by atoms with Crippen LogP contribution in [0, 0.1) is 29.0 Å². The number of anilines is 1. The van der Waals surface area contributed by atoms with Gasteiger partial charge in [-0.05, 0) is 85.3 Å². The van der Waals surface area contributed by atoms with Crippen molar-refractivity contribution >= 4 is 22.5 Å². The Kier molecular flexibility index (Phi) is 9.11. The highest BCUT2D eigenvalue weighted by atomic mass is 19.1. The molecule has 3 saturated carbocycles. The van der Waals surface area contributed by atoms with Crippen LogP contribution in [0.25, 0.3) is 10.9 Å². The molecule has 2 aromatic carbocycles. The summed E-state index contributed by atoms with van der Waals surface area (Å²) in [6, 6.07) is 13.1. The molecule has 5 atom stereocenters. The summed E-state index contributed by atoms with van der Waals surface area (Å²) in [5, 5.41) is 7.87. The molecule has 252 valence electrons. The summed E-state index contributed by atoms with van der Waals surface area (Å²) >= 11 is 0. The van der Waals surface area contributed by atoms with Crippen LogP contribution in [0.15, 0.2) is 52.3 Å². The van der Waals surface area contributed by atoms with Crippen LogP contribution in [0.1, 0.15) is 51.9 Å². The normalized spacial score (nSPS) is 27.9. The topological polar surface area (TPSA) is 87.0 Å². The van der Waals surface area contributed by atoms with Gasteiger partial charge in [-0.1, -0.05) is 32.9 Å². The van der Waals surface area contributed by atoms with Crippen molar-refractivity contribution < 1.29 is 9.13 Å². The second-order valence-corrected chi connectivity index (χ2v) is 14.9. The number of aromatic nitrogens is 2. The van der Waals surface area contributed by atoms with Crippen LogP contribution in [0.4, 0.5) is 10.1 Å². The second kappa shape index (κ2) is 13.3. The molecule has 3 heterocycles. The van der Waals surface area contributed by atoms with E-state index in [0.29, 0.717) is 67.0 Å². The fourth-order valence-corrected chi connectivity index (χ4v) is 8.44. The number of nitrogens with zero attached hydrogens (tertiary/aromatic N) is 5. The van der Waals surface area contributed by atoms with Gasteiger partial charge in [0.05, 0.1) is 36.7 Å². The van der Waals surface area contributed by atoms with Crippen LogP contribution in [0.2, 0.25) is 0 Å². The summed E-state index contributed by atoms with van der Waals surface area (Å²) in [4.78, 5) is 29.3. The first-order valence-corrected chi connectivity index (χ1v) is 17.6. The first kappa shape index (κ1) is 32.2. The number of rotatable bonds is 7. The highest BCUT2D eigenvalue weighted by Gasteiger charge is 2.56. The van der Waals surface area contributed by atoms with Crippen LogP contribution < -0.4 is 16.2 Å². The van der Waals surface area contributed by atoms with E-state index < -0.39 is 0 Å². The van der Waals surface area contributed by atoms with Crippen molar-refractivity contribution in [3.05, 3.63) is 70.0 Å². The Morgan fingerprint density at radius 3 is 2.62 bits per heavy atom. The summed E-state index contributed by atoms with van der Waals surface area (Å²) < 4.78 is 20.9. The Balaban J connectivity index is 1.20. The lowest BCUT2D eigenvalue weighted by molar-refractivity contribution is -0.108. The average Bonchev–Trinajstić information content (AvgIpc) is 3.06. The molecule has 3 aromatic rings. The Hall–Kier alpha value is -3.34. The van der Waals surface area contributed by atoms with Crippen LogP contribution in [-0.2, 0) is 24.2 Å². The van der Waals surface area contributed by atoms with Gasteiger partial charge >= 0.3 is 0 Å². The lowest BCUT2D eigenvalue weighted by atomic mass is 9.45. The van der Waals surface area contributed by atoms with Crippen molar-refractivity contribution in [2.45, 2.75) is 72.1 Å². The number of aryl methyl sites for hydroxylation is 1. The second-order valence-electron chi connectivity index (χ2n) is 14.9. The van der Waals surface area contributed by atoms with E-state index in [4.69, 9.17) is 14.7 Å². The Morgan fingerprint density at radius 1 is 1.11 bits per heavy atom. The molecule has 5 fully saturated rings. The Morgan fingerprint density at radius 2 is 1.89 bits per heavy atom. The summed E-state index contributed by atoms with van der Waals surface area (Å²) in [6.45, 7) is 16.2.